The van der Waals surface area contributed by atoms with E-state index in [4.69, 9.17) is 23.8 Å². The highest BCUT2D eigenvalue weighted by molar-refractivity contribution is 7.80. The predicted octanol–water partition coefficient (Wildman–Crippen LogP) is 2.10. The maximum absolute atomic E-state index is 10.7. The van der Waals surface area contributed by atoms with Crippen molar-refractivity contribution in [2.75, 3.05) is 32.5 Å². The summed E-state index contributed by atoms with van der Waals surface area (Å²) in [6.07, 6.45) is 0. The van der Waals surface area contributed by atoms with E-state index in [1.807, 2.05) is 19.0 Å². The van der Waals surface area contributed by atoms with Gasteiger partial charge in [0, 0.05) is 24.8 Å². The van der Waals surface area contributed by atoms with Gasteiger partial charge < -0.3 is 15.5 Å². The van der Waals surface area contributed by atoms with E-state index >= 15 is 0 Å². The summed E-state index contributed by atoms with van der Waals surface area (Å²) >= 11 is 10.8. The summed E-state index contributed by atoms with van der Waals surface area (Å²) in [5, 5.41) is 17.1. The average molecular weight is 303 g/mol. The Morgan fingerprint density at radius 3 is 2.79 bits per heavy atom. The second-order valence-corrected chi connectivity index (χ2v) is 4.92. The second-order valence-electron chi connectivity index (χ2n) is 4.11. The number of benzene rings is 1. The Balaban J connectivity index is 2.60. The van der Waals surface area contributed by atoms with Crippen molar-refractivity contribution < 1.29 is 4.92 Å². The third-order valence-corrected chi connectivity index (χ3v) is 2.81. The number of hydrogen-bond donors (Lipinski definition) is 2. The maximum atomic E-state index is 10.7. The zero-order valence-corrected chi connectivity index (χ0v) is 12.2. The number of halogens is 1. The fraction of sp³-hybridized carbons (Fsp3) is 0.364. The van der Waals surface area contributed by atoms with Crippen molar-refractivity contribution in [1.82, 2.24) is 10.2 Å². The van der Waals surface area contributed by atoms with Crippen LogP contribution in [0.4, 0.5) is 11.4 Å². The molecule has 0 fully saturated rings. The van der Waals surface area contributed by atoms with Crippen LogP contribution in [-0.2, 0) is 0 Å². The van der Waals surface area contributed by atoms with E-state index in [0.717, 1.165) is 6.54 Å². The van der Waals surface area contributed by atoms with Crippen LogP contribution in [0.25, 0.3) is 0 Å². The minimum atomic E-state index is -0.532. The number of likely N-dealkylation sites (N-methyl/N-ethyl adjacent to an activating group) is 1. The molecule has 1 aromatic carbocycles. The molecule has 8 heteroatoms. The molecule has 0 aliphatic heterocycles. The van der Waals surface area contributed by atoms with Crippen LogP contribution >= 0.6 is 23.8 Å². The first-order valence-electron chi connectivity index (χ1n) is 5.53. The molecule has 0 spiro atoms. The molecule has 1 aromatic rings. The quantitative estimate of drug-likeness (QED) is 0.493. The van der Waals surface area contributed by atoms with Crippen LogP contribution in [0, 0.1) is 10.1 Å². The van der Waals surface area contributed by atoms with Gasteiger partial charge in [-0.15, -0.1) is 0 Å². The number of nitrogens with zero attached hydrogens (tertiary/aromatic N) is 2. The largest absolute Gasteiger partial charge is 0.361 e. The number of thiocarbonyl (C=S) groups is 1. The number of nitro benzene ring substituents is 1. The van der Waals surface area contributed by atoms with E-state index in [1.54, 1.807) is 6.07 Å². The van der Waals surface area contributed by atoms with E-state index in [0.29, 0.717) is 17.3 Å². The Kier molecular flexibility index (Phi) is 5.94. The summed E-state index contributed by atoms with van der Waals surface area (Å²) in [5.74, 6) is 0. The normalized spacial score (nSPS) is 10.3. The van der Waals surface area contributed by atoms with Crippen molar-refractivity contribution in [1.29, 1.82) is 0 Å². The smallest absolute Gasteiger partial charge is 0.289 e. The molecular formula is C11H15ClN4O2S. The molecule has 0 aromatic heterocycles. The first-order chi connectivity index (χ1) is 8.90. The Labute approximate surface area is 121 Å². The molecule has 0 saturated heterocycles. The summed E-state index contributed by atoms with van der Waals surface area (Å²) < 4.78 is 0. The highest BCUT2D eigenvalue weighted by Gasteiger charge is 2.12. The van der Waals surface area contributed by atoms with Gasteiger partial charge in [0.2, 0.25) is 0 Å². The third-order valence-electron chi connectivity index (χ3n) is 2.25. The van der Waals surface area contributed by atoms with Crippen LogP contribution in [0.15, 0.2) is 18.2 Å². The van der Waals surface area contributed by atoms with Crippen LogP contribution in [0.2, 0.25) is 5.02 Å². The molecule has 19 heavy (non-hydrogen) atoms. The van der Waals surface area contributed by atoms with Gasteiger partial charge in [0.05, 0.1) is 4.92 Å². The van der Waals surface area contributed by atoms with Gasteiger partial charge in [0.1, 0.15) is 5.02 Å². The van der Waals surface area contributed by atoms with Crippen LogP contribution in [-0.4, -0.2) is 42.1 Å². The summed E-state index contributed by atoms with van der Waals surface area (Å²) in [6, 6.07) is 4.45. The Morgan fingerprint density at radius 2 is 2.21 bits per heavy atom. The molecule has 0 aliphatic carbocycles. The van der Waals surface area contributed by atoms with Crippen molar-refractivity contribution in [2.24, 2.45) is 0 Å². The summed E-state index contributed by atoms with van der Waals surface area (Å²) in [7, 11) is 3.92. The van der Waals surface area contributed by atoms with Gasteiger partial charge in [-0.3, -0.25) is 10.1 Å². The molecule has 0 heterocycles. The van der Waals surface area contributed by atoms with Crippen LogP contribution in [0.1, 0.15) is 0 Å². The number of nitro groups is 1. The third kappa shape index (κ3) is 5.37. The molecule has 0 radical (unpaired) electrons. The molecule has 104 valence electrons. The summed E-state index contributed by atoms with van der Waals surface area (Å²) in [4.78, 5) is 12.2. The van der Waals surface area contributed by atoms with Gasteiger partial charge in [-0.1, -0.05) is 11.6 Å². The van der Waals surface area contributed by atoms with E-state index in [9.17, 15) is 10.1 Å². The summed E-state index contributed by atoms with van der Waals surface area (Å²) in [6.45, 7) is 1.52. The van der Waals surface area contributed by atoms with Gasteiger partial charge in [-0.05, 0) is 38.4 Å². The molecule has 1 rings (SSSR count). The highest BCUT2D eigenvalue weighted by Crippen LogP contribution is 2.27. The number of nitrogens with one attached hydrogen (secondary N) is 2. The molecule has 0 saturated carbocycles. The Hall–Kier alpha value is -1.44. The first kappa shape index (κ1) is 15.6. The average Bonchev–Trinajstić information content (AvgIpc) is 2.30. The zero-order chi connectivity index (χ0) is 14.4. The van der Waals surface area contributed by atoms with E-state index in [2.05, 4.69) is 10.6 Å². The van der Waals surface area contributed by atoms with Crippen molar-refractivity contribution in [3.63, 3.8) is 0 Å². The maximum Gasteiger partial charge on any atom is 0.289 e. The monoisotopic (exact) mass is 302 g/mol. The van der Waals surface area contributed by atoms with Crippen LogP contribution in [0.5, 0.6) is 0 Å². The Bertz CT molecular complexity index is 482. The zero-order valence-electron chi connectivity index (χ0n) is 10.6. The lowest BCUT2D eigenvalue weighted by Gasteiger charge is -2.13. The van der Waals surface area contributed by atoms with Crippen LogP contribution < -0.4 is 10.6 Å². The van der Waals surface area contributed by atoms with Crippen LogP contribution in [0.3, 0.4) is 0 Å². The molecule has 0 amide bonds. The minimum absolute atomic E-state index is 0.0991. The molecule has 6 nitrogen and oxygen atoms in total. The molecular weight excluding hydrogens is 288 g/mol. The van der Waals surface area contributed by atoms with Crippen molar-refractivity contribution >= 4 is 40.3 Å². The fourth-order valence-electron chi connectivity index (χ4n) is 1.30. The van der Waals surface area contributed by atoms with Gasteiger partial charge >= 0.3 is 0 Å². The predicted molar refractivity (Wildman–Crippen MR) is 80.9 cm³/mol. The molecule has 0 bridgehead atoms. The molecule has 0 unspecified atom stereocenters. The van der Waals surface area contributed by atoms with Gasteiger partial charge in [0.25, 0.3) is 5.69 Å². The number of hydrogen-bond acceptors (Lipinski definition) is 4. The lowest BCUT2D eigenvalue weighted by molar-refractivity contribution is -0.384. The molecule has 0 aliphatic rings. The van der Waals surface area contributed by atoms with Gasteiger partial charge in [-0.2, -0.15) is 0 Å². The lowest BCUT2D eigenvalue weighted by Crippen LogP contribution is -2.34. The molecule has 2 N–H and O–H groups in total. The number of rotatable bonds is 5. The first-order valence-corrected chi connectivity index (χ1v) is 6.32. The standard InChI is InChI=1S/C11H15ClN4O2S/c1-15(2)6-5-13-11(19)14-8-3-4-9(12)10(7-8)16(17)18/h3-4,7H,5-6H2,1-2H3,(H2,13,14,19). The van der Waals surface area contributed by atoms with Crippen molar-refractivity contribution in [3.8, 4) is 0 Å². The minimum Gasteiger partial charge on any atom is -0.361 e. The van der Waals surface area contributed by atoms with Crippen molar-refractivity contribution in [3.05, 3.63) is 33.3 Å². The topological polar surface area (TPSA) is 70.4 Å². The summed E-state index contributed by atoms with van der Waals surface area (Å²) in [5.41, 5.74) is 0.376. The van der Waals surface area contributed by atoms with E-state index in [1.165, 1.54) is 12.1 Å². The second kappa shape index (κ2) is 7.22. The highest BCUT2D eigenvalue weighted by atomic mass is 35.5. The van der Waals surface area contributed by atoms with E-state index in [-0.39, 0.29) is 10.7 Å². The van der Waals surface area contributed by atoms with Gasteiger partial charge in [0.15, 0.2) is 5.11 Å². The number of anilines is 1. The fourth-order valence-corrected chi connectivity index (χ4v) is 1.71. The molecule has 0 atom stereocenters. The van der Waals surface area contributed by atoms with Gasteiger partial charge in [-0.25, -0.2) is 0 Å². The van der Waals surface area contributed by atoms with E-state index < -0.39 is 4.92 Å². The van der Waals surface area contributed by atoms with Crippen molar-refractivity contribution in [2.45, 2.75) is 0 Å². The lowest BCUT2D eigenvalue weighted by atomic mass is 10.3. The Morgan fingerprint density at radius 1 is 1.53 bits per heavy atom. The SMILES string of the molecule is CN(C)CCNC(=S)Nc1ccc(Cl)c([N+](=O)[O-])c1.